The topological polar surface area (TPSA) is 36.4 Å². The summed E-state index contributed by atoms with van der Waals surface area (Å²) < 4.78 is 0.971. The molecule has 5 rings (SSSR count). The molecule has 0 saturated carbocycles. The van der Waals surface area contributed by atoms with E-state index in [2.05, 4.69) is 64.5 Å². The second-order valence-electron chi connectivity index (χ2n) is 7.53. The SMILES string of the molecule is ON(C1=CCCc2c(-c3ccccc3)cc(-c3ccccc3)nc21)c1ccc(Br)cc1. The fraction of sp³-hybridized carbons (Fsp3) is 0.0741. The molecular formula is C27H21BrN2O. The molecule has 0 fully saturated rings. The molecule has 1 aliphatic carbocycles. The van der Waals surface area contributed by atoms with Gasteiger partial charge in [0.1, 0.15) is 0 Å². The van der Waals surface area contributed by atoms with Crippen LogP contribution in [0.25, 0.3) is 28.1 Å². The Morgan fingerprint density at radius 1 is 0.806 bits per heavy atom. The van der Waals surface area contributed by atoms with Crippen molar-refractivity contribution in [3.63, 3.8) is 0 Å². The molecule has 3 nitrogen and oxygen atoms in total. The third-order valence-electron chi connectivity index (χ3n) is 5.55. The Bertz CT molecular complexity index is 1240. The number of halogens is 1. The summed E-state index contributed by atoms with van der Waals surface area (Å²) in [6, 6.07) is 30.4. The van der Waals surface area contributed by atoms with E-state index in [1.165, 1.54) is 16.2 Å². The highest BCUT2D eigenvalue weighted by Gasteiger charge is 2.24. The van der Waals surface area contributed by atoms with Crippen molar-refractivity contribution in [1.29, 1.82) is 0 Å². The van der Waals surface area contributed by atoms with Crippen molar-refractivity contribution < 1.29 is 5.21 Å². The number of nitrogens with zero attached hydrogens (tertiary/aromatic N) is 2. The summed E-state index contributed by atoms with van der Waals surface area (Å²) >= 11 is 3.46. The van der Waals surface area contributed by atoms with Crippen LogP contribution in [0.1, 0.15) is 17.7 Å². The van der Waals surface area contributed by atoms with Crippen LogP contribution in [0.5, 0.6) is 0 Å². The van der Waals surface area contributed by atoms with Crippen molar-refractivity contribution in [2.75, 3.05) is 5.06 Å². The van der Waals surface area contributed by atoms with E-state index in [-0.39, 0.29) is 0 Å². The maximum Gasteiger partial charge on any atom is 0.0933 e. The molecule has 0 unspecified atom stereocenters. The average Bonchev–Trinajstić information content (AvgIpc) is 2.84. The van der Waals surface area contributed by atoms with Gasteiger partial charge in [-0.2, -0.15) is 0 Å². The summed E-state index contributed by atoms with van der Waals surface area (Å²) in [5.74, 6) is 0. The lowest BCUT2D eigenvalue weighted by molar-refractivity contribution is 0.303. The highest BCUT2D eigenvalue weighted by molar-refractivity contribution is 9.10. The number of benzene rings is 3. The van der Waals surface area contributed by atoms with E-state index in [9.17, 15) is 5.21 Å². The van der Waals surface area contributed by atoms with Gasteiger partial charge in [-0.05, 0) is 59.9 Å². The fourth-order valence-electron chi connectivity index (χ4n) is 4.03. The van der Waals surface area contributed by atoms with Crippen molar-refractivity contribution in [2.24, 2.45) is 0 Å². The lowest BCUT2D eigenvalue weighted by Gasteiger charge is -2.27. The Kier molecular flexibility index (Phi) is 5.41. The minimum atomic E-state index is 0.704. The Morgan fingerprint density at radius 2 is 1.45 bits per heavy atom. The third kappa shape index (κ3) is 3.92. The first-order chi connectivity index (χ1) is 15.2. The molecule has 0 saturated heterocycles. The number of aromatic nitrogens is 1. The van der Waals surface area contributed by atoms with E-state index in [4.69, 9.17) is 4.98 Å². The molecule has 1 N–H and O–H groups in total. The molecule has 31 heavy (non-hydrogen) atoms. The second-order valence-corrected chi connectivity index (χ2v) is 8.45. The van der Waals surface area contributed by atoms with Crippen molar-refractivity contribution in [2.45, 2.75) is 12.8 Å². The summed E-state index contributed by atoms with van der Waals surface area (Å²) in [6.45, 7) is 0. The number of hydrogen-bond donors (Lipinski definition) is 1. The molecule has 4 aromatic rings. The molecule has 0 aliphatic heterocycles. The predicted octanol–water partition coefficient (Wildman–Crippen LogP) is 7.36. The number of anilines is 1. The minimum absolute atomic E-state index is 0.704. The van der Waals surface area contributed by atoms with Crippen LogP contribution < -0.4 is 5.06 Å². The lowest BCUT2D eigenvalue weighted by atomic mass is 9.89. The van der Waals surface area contributed by atoms with E-state index >= 15 is 0 Å². The normalized spacial score (nSPS) is 12.8. The second kappa shape index (κ2) is 8.50. The van der Waals surface area contributed by atoms with Crippen molar-refractivity contribution in [3.05, 3.63) is 113 Å². The molecule has 152 valence electrons. The van der Waals surface area contributed by atoms with Gasteiger partial charge in [-0.3, -0.25) is 5.21 Å². The van der Waals surface area contributed by atoms with Crippen LogP contribution in [0.4, 0.5) is 5.69 Å². The highest BCUT2D eigenvalue weighted by atomic mass is 79.9. The smallest absolute Gasteiger partial charge is 0.0933 e. The molecule has 1 heterocycles. The van der Waals surface area contributed by atoms with Crippen LogP contribution in [0.3, 0.4) is 0 Å². The molecule has 4 heteroatoms. The third-order valence-corrected chi connectivity index (χ3v) is 6.08. The summed E-state index contributed by atoms with van der Waals surface area (Å²) in [6.07, 6.45) is 3.81. The Balaban J connectivity index is 1.69. The largest absolute Gasteiger partial charge is 0.283 e. The maximum atomic E-state index is 11.1. The Morgan fingerprint density at radius 3 is 2.13 bits per heavy atom. The van der Waals surface area contributed by atoms with E-state index in [1.54, 1.807) is 0 Å². The van der Waals surface area contributed by atoms with Gasteiger partial charge in [0.25, 0.3) is 0 Å². The lowest BCUT2D eigenvalue weighted by Crippen LogP contribution is -2.21. The number of fused-ring (bicyclic) bond motifs is 1. The van der Waals surface area contributed by atoms with Gasteiger partial charge in [0, 0.05) is 10.0 Å². The van der Waals surface area contributed by atoms with Crippen molar-refractivity contribution in [3.8, 4) is 22.4 Å². The average molecular weight is 469 g/mol. The van der Waals surface area contributed by atoms with Gasteiger partial charge in [-0.15, -0.1) is 0 Å². The minimum Gasteiger partial charge on any atom is -0.283 e. The van der Waals surface area contributed by atoms with Gasteiger partial charge < -0.3 is 0 Å². The monoisotopic (exact) mass is 468 g/mol. The summed E-state index contributed by atoms with van der Waals surface area (Å²) in [5.41, 5.74) is 7.70. The molecular weight excluding hydrogens is 448 g/mol. The highest BCUT2D eigenvalue weighted by Crippen LogP contribution is 2.38. The number of allylic oxidation sites excluding steroid dienone is 1. The molecule has 1 aliphatic rings. The van der Waals surface area contributed by atoms with Crippen molar-refractivity contribution >= 4 is 27.3 Å². The summed E-state index contributed by atoms with van der Waals surface area (Å²) in [4.78, 5) is 5.04. The zero-order valence-electron chi connectivity index (χ0n) is 16.9. The van der Waals surface area contributed by atoms with E-state index in [1.807, 2.05) is 48.5 Å². The quantitative estimate of drug-likeness (QED) is 0.317. The Labute approximate surface area is 190 Å². The molecule has 0 bridgehead atoms. The number of hydroxylamine groups is 1. The fourth-order valence-corrected chi connectivity index (χ4v) is 4.29. The van der Waals surface area contributed by atoms with E-state index < -0.39 is 0 Å². The first kappa shape index (κ1) is 19.7. The van der Waals surface area contributed by atoms with Gasteiger partial charge in [-0.25, -0.2) is 10.0 Å². The maximum absolute atomic E-state index is 11.1. The Hall–Kier alpha value is -3.21. The first-order valence-corrected chi connectivity index (χ1v) is 11.1. The zero-order chi connectivity index (χ0) is 21.2. The number of rotatable bonds is 4. The van der Waals surface area contributed by atoms with Crippen LogP contribution in [0.15, 0.2) is 102 Å². The van der Waals surface area contributed by atoms with Crippen LogP contribution in [0.2, 0.25) is 0 Å². The van der Waals surface area contributed by atoms with Gasteiger partial charge in [-0.1, -0.05) is 82.7 Å². The van der Waals surface area contributed by atoms with Gasteiger partial charge in [0.15, 0.2) is 0 Å². The predicted molar refractivity (Wildman–Crippen MR) is 130 cm³/mol. The van der Waals surface area contributed by atoms with Crippen LogP contribution in [-0.4, -0.2) is 10.2 Å². The standard InChI is InChI=1S/C27H21BrN2O/c28-21-14-16-22(17-15-21)30(31)26-13-7-12-23-24(19-8-3-1-4-9-19)18-25(29-27(23)26)20-10-5-2-6-11-20/h1-6,8-11,13-18,31H,7,12H2. The molecule has 0 amide bonds. The van der Waals surface area contributed by atoms with E-state index in [0.717, 1.165) is 45.5 Å². The first-order valence-electron chi connectivity index (χ1n) is 10.3. The number of hydrogen-bond acceptors (Lipinski definition) is 3. The van der Waals surface area contributed by atoms with Gasteiger partial charge in [0.2, 0.25) is 0 Å². The molecule has 1 aromatic heterocycles. The van der Waals surface area contributed by atoms with Crippen LogP contribution in [0, 0.1) is 0 Å². The summed E-state index contributed by atoms with van der Waals surface area (Å²) in [5, 5.41) is 12.4. The molecule has 0 spiro atoms. The van der Waals surface area contributed by atoms with Gasteiger partial charge >= 0.3 is 0 Å². The van der Waals surface area contributed by atoms with Crippen molar-refractivity contribution in [1.82, 2.24) is 4.98 Å². The van der Waals surface area contributed by atoms with Gasteiger partial charge in [0.05, 0.1) is 22.8 Å². The molecule has 3 aromatic carbocycles. The number of pyridine rings is 1. The summed E-state index contributed by atoms with van der Waals surface area (Å²) in [7, 11) is 0. The van der Waals surface area contributed by atoms with Crippen LogP contribution in [-0.2, 0) is 6.42 Å². The zero-order valence-corrected chi connectivity index (χ0v) is 18.5. The van der Waals surface area contributed by atoms with E-state index in [0.29, 0.717) is 5.69 Å². The molecule has 0 atom stereocenters. The van der Waals surface area contributed by atoms with Crippen LogP contribution >= 0.6 is 15.9 Å². The molecule has 0 radical (unpaired) electrons.